The van der Waals surface area contributed by atoms with Gasteiger partial charge < -0.3 is 9.47 Å². The molecule has 0 amide bonds. The molecule has 2 aromatic rings. The van der Waals surface area contributed by atoms with Crippen molar-refractivity contribution >= 4 is 45.0 Å². The van der Waals surface area contributed by atoms with Crippen LogP contribution in [0.15, 0.2) is 36.4 Å². The van der Waals surface area contributed by atoms with Crippen LogP contribution in [0.3, 0.4) is 0 Å². The minimum atomic E-state index is -1.62. The average molecular weight is 415 g/mol. The van der Waals surface area contributed by atoms with Gasteiger partial charge in [-0.3, -0.25) is 0 Å². The standard InChI is InChI=1S/C19H20Cl3O2Si/c1-5-15-12(2)17(24-4)11-10-16(15)18(25,19(20,21)22)13-6-8-14(23-3)9-7-13/h6-11H,5H2,1-4H3. The van der Waals surface area contributed by atoms with Crippen LogP contribution in [0.1, 0.15) is 29.2 Å². The largest absolute Gasteiger partial charge is 0.497 e. The first kappa shape index (κ1) is 20.4. The number of ether oxygens (including phenoxy) is 2. The van der Waals surface area contributed by atoms with Crippen molar-refractivity contribution in [1.29, 1.82) is 0 Å². The topological polar surface area (TPSA) is 18.5 Å². The molecule has 0 saturated carbocycles. The van der Waals surface area contributed by atoms with Gasteiger partial charge >= 0.3 is 0 Å². The molecule has 2 aromatic carbocycles. The summed E-state index contributed by atoms with van der Waals surface area (Å²) in [5.74, 6) is 1.55. The Hall–Kier alpha value is -0.873. The van der Waals surface area contributed by atoms with Crippen LogP contribution in [0.25, 0.3) is 0 Å². The highest BCUT2D eigenvalue weighted by Gasteiger charge is 2.48. The van der Waals surface area contributed by atoms with Crippen molar-refractivity contribution in [1.82, 2.24) is 0 Å². The van der Waals surface area contributed by atoms with Crippen molar-refractivity contribution in [3.05, 3.63) is 58.7 Å². The maximum Gasteiger partial charge on any atom is 0.200 e. The number of benzene rings is 2. The molecule has 0 saturated heterocycles. The molecule has 0 heterocycles. The van der Waals surface area contributed by atoms with Crippen molar-refractivity contribution in [2.75, 3.05) is 14.2 Å². The third kappa shape index (κ3) is 3.66. The van der Waals surface area contributed by atoms with Gasteiger partial charge in [-0.25, -0.2) is 0 Å². The maximum atomic E-state index is 6.46. The molecule has 3 radical (unpaired) electrons. The van der Waals surface area contributed by atoms with E-state index in [0.29, 0.717) is 0 Å². The van der Waals surface area contributed by atoms with Gasteiger partial charge in [-0.15, -0.1) is 0 Å². The average Bonchev–Trinajstić information content (AvgIpc) is 2.59. The smallest absolute Gasteiger partial charge is 0.200 e. The van der Waals surface area contributed by atoms with Gasteiger partial charge in [0.1, 0.15) is 11.5 Å². The molecule has 2 rings (SSSR count). The highest BCUT2D eigenvalue weighted by molar-refractivity contribution is 6.70. The maximum absolute atomic E-state index is 6.46. The van der Waals surface area contributed by atoms with Crippen molar-refractivity contribution in [2.24, 2.45) is 0 Å². The first-order chi connectivity index (χ1) is 11.7. The molecule has 0 fully saturated rings. The minimum Gasteiger partial charge on any atom is -0.497 e. The Bertz CT molecular complexity index is 742. The second-order valence-corrected chi connectivity index (χ2v) is 8.78. The van der Waals surface area contributed by atoms with Gasteiger partial charge in [-0.1, -0.05) is 59.9 Å². The fourth-order valence-electron chi connectivity index (χ4n) is 3.08. The van der Waals surface area contributed by atoms with E-state index >= 15 is 0 Å². The lowest BCUT2D eigenvalue weighted by atomic mass is 9.85. The summed E-state index contributed by atoms with van der Waals surface area (Å²) in [5.41, 5.74) is 3.84. The predicted molar refractivity (Wildman–Crippen MR) is 107 cm³/mol. The first-order valence-corrected chi connectivity index (χ1v) is 9.47. The second kappa shape index (κ2) is 7.79. The Balaban J connectivity index is 2.76. The molecule has 1 unspecified atom stereocenters. The number of hydrogen-bond donors (Lipinski definition) is 0. The van der Waals surface area contributed by atoms with Crippen LogP contribution < -0.4 is 9.47 Å². The summed E-state index contributed by atoms with van der Waals surface area (Å²) < 4.78 is 9.06. The summed E-state index contributed by atoms with van der Waals surface area (Å²) in [5, 5.41) is -1.02. The molecule has 133 valence electrons. The normalized spacial score (nSPS) is 14.1. The lowest BCUT2D eigenvalue weighted by molar-refractivity contribution is 0.410. The molecule has 0 aliphatic carbocycles. The fraction of sp³-hybridized carbons (Fsp3) is 0.368. The Morgan fingerprint density at radius 1 is 0.960 bits per heavy atom. The van der Waals surface area contributed by atoms with Crippen LogP contribution in [0.5, 0.6) is 11.5 Å². The Kier molecular flexibility index (Phi) is 6.37. The van der Waals surface area contributed by atoms with Crippen molar-refractivity contribution in [3.8, 4) is 11.5 Å². The highest BCUT2D eigenvalue weighted by atomic mass is 35.6. The number of alkyl halides is 3. The zero-order chi connectivity index (χ0) is 18.8. The second-order valence-electron chi connectivity index (χ2n) is 5.75. The number of rotatable bonds is 5. The van der Waals surface area contributed by atoms with Crippen LogP contribution in [0.4, 0.5) is 0 Å². The SMILES string of the molecule is CCc1c(C([Si])(c2ccc(OC)cc2)C(Cl)(Cl)Cl)ccc(OC)c1C. The van der Waals surface area contributed by atoms with E-state index in [1.54, 1.807) is 14.2 Å². The predicted octanol–water partition coefficient (Wildman–Crippen LogP) is 5.36. The molecule has 2 nitrogen and oxygen atoms in total. The van der Waals surface area contributed by atoms with Crippen molar-refractivity contribution in [3.63, 3.8) is 0 Å². The molecule has 1 atom stereocenters. The Morgan fingerprint density at radius 2 is 1.56 bits per heavy atom. The van der Waals surface area contributed by atoms with E-state index < -0.39 is 8.83 Å². The van der Waals surface area contributed by atoms with E-state index in [9.17, 15) is 0 Å². The molecule has 0 aromatic heterocycles. The van der Waals surface area contributed by atoms with Gasteiger partial charge in [0, 0.05) is 0 Å². The van der Waals surface area contributed by atoms with Crippen molar-refractivity contribution < 1.29 is 9.47 Å². The van der Waals surface area contributed by atoms with E-state index in [-0.39, 0.29) is 0 Å². The van der Waals surface area contributed by atoms with Gasteiger partial charge in [0.15, 0.2) is 0 Å². The molecule has 0 spiro atoms. The molecular weight excluding hydrogens is 395 g/mol. The van der Waals surface area contributed by atoms with E-state index in [1.165, 1.54) is 0 Å². The third-order valence-corrected chi connectivity index (χ3v) is 6.73. The summed E-state index contributed by atoms with van der Waals surface area (Å²) >= 11 is 19.4. The minimum absolute atomic E-state index is 0.740. The molecule has 0 N–H and O–H groups in total. The van der Waals surface area contributed by atoms with Gasteiger partial charge in [-0.2, -0.15) is 0 Å². The van der Waals surface area contributed by atoms with Crippen LogP contribution in [-0.2, 0) is 11.5 Å². The fourth-order valence-corrected chi connectivity index (χ4v) is 4.11. The summed E-state index contributed by atoms with van der Waals surface area (Å²) in [6.45, 7) is 4.09. The zero-order valence-electron chi connectivity index (χ0n) is 14.6. The summed E-state index contributed by atoms with van der Waals surface area (Å²) in [7, 11) is 7.10. The van der Waals surface area contributed by atoms with E-state index in [4.69, 9.17) is 44.3 Å². The molecule has 25 heavy (non-hydrogen) atoms. The molecular formula is C19H20Cl3O2Si. The lowest BCUT2D eigenvalue weighted by Gasteiger charge is -2.39. The molecule has 0 aliphatic heterocycles. The zero-order valence-corrected chi connectivity index (χ0v) is 17.9. The van der Waals surface area contributed by atoms with Gasteiger partial charge in [0.2, 0.25) is 3.79 Å². The third-order valence-electron chi connectivity index (χ3n) is 4.47. The van der Waals surface area contributed by atoms with Crippen LogP contribution in [0, 0.1) is 6.92 Å². The number of halogens is 3. The number of hydrogen-bond acceptors (Lipinski definition) is 2. The van der Waals surface area contributed by atoms with Crippen molar-refractivity contribution in [2.45, 2.75) is 29.1 Å². The van der Waals surface area contributed by atoms with Gasteiger partial charge in [-0.05, 0) is 53.8 Å². The van der Waals surface area contributed by atoms with Crippen LogP contribution in [0.2, 0.25) is 0 Å². The first-order valence-electron chi connectivity index (χ1n) is 7.83. The monoisotopic (exact) mass is 413 g/mol. The van der Waals surface area contributed by atoms with Crippen LogP contribution >= 0.6 is 34.8 Å². The van der Waals surface area contributed by atoms with E-state index in [0.717, 1.165) is 40.2 Å². The molecule has 0 bridgehead atoms. The lowest BCUT2D eigenvalue weighted by Crippen LogP contribution is -2.42. The Morgan fingerprint density at radius 3 is 2.00 bits per heavy atom. The van der Waals surface area contributed by atoms with Gasteiger partial charge in [0.25, 0.3) is 0 Å². The molecule has 0 aliphatic rings. The van der Waals surface area contributed by atoms with E-state index in [1.807, 2.05) is 43.3 Å². The summed E-state index contributed by atoms with van der Waals surface area (Å²) in [4.78, 5) is 0. The highest BCUT2D eigenvalue weighted by Crippen LogP contribution is 2.51. The quantitative estimate of drug-likeness (QED) is 0.484. The van der Waals surface area contributed by atoms with E-state index in [2.05, 4.69) is 17.2 Å². The van der Waals surface area contributed by atoms with Gasteiger partial charge in [0.05, 0.1) is 29.5 Å². The number of methoxy groups -OCH3 is 2. The van der Waals surface area contributed by atoms with Crippen LogP contribution in [-0.4, -0.2) is 28.3 Å². The summed E-state index contributed by atoms with van der Waals surface area (Å²) in [6, 6.07) is 11.3. The molecule has 6 heteroatoms. The Labute approximate surface area is 167 Å². The summed E-state index contributed by atoms with van der Waals surface area (Å²) in [6.07, 6.45) is 0.779.